The zero-order valence-corrected chi connectivity index (χ0v) is 10.3. The Bertz CT molecular complexity index is 439. The second-order valence-electron chi connectivity index (χ2n) is 3.62. The van der Waals surface area contributed by atoms with E-state index in [1.165, 1.54) is 4.88 Å². The van der Waals surface area contributed by atoms with Gasteiger partial charge in [-0.3, -0.25) is 4.98 Å². The molecular weight excluding hydrogens is 218 g/mol. The van der Waals surface area contributed by atoms with E-state index in [1.54, 1.807) is 11.3 Å². The molecule has 16 heavy (non-hydrogen) atoms. The average molecular weight is 233 g/mol. The van der Waals surface area contributed by atoms with Crippen molar-refractivity contribution < 1.29 is 0 Å². The third-order valence-corrected chi connectivity index (χ3v) is 3.29. The minimum atomic E-state index is 0.923. The molecule has 2 aromatic heterocycles. The summed E-state index contributed by atoms with van der Waals surface area (Å²) in [6, 6.07) is 6.33. The summed E-state index contributed by atoms with van der Waals surface area (Å²) in [7, 11) is 3.98. The van der Waals surface area contributed by atoms with E-state index in [1.807, 2.05) is 19.4 Å². The molecule has 0 unspecified atom stereocenters. The lowest BCUT2D eigenvalue weighted by molar-refractivity contribution is 0.935. The standard InChI is InChI=1S/C12H15N3S/c1-13-10-6-11(8-14-7-10)15(2)9-12-4-3-5-16-12/h3-8,13H,9H2,1-2H3. The molecule has 0 aromatic carbocycles. The van der Waals surface area contributed by atoms with Gasteiger partial charge in [0.05, 0.1) is 30.3 Å². The summed E-state index contributed by atoms with van der Waals surface area (Å²) in [4.78, 5) is 7.76. The maximum Gasteiger partial charge on any atom is 0.0574 e. The number of pyridine rings is 1. The van der Waals surface area contributed by atoms with Crippen LogP contribution >= 0.6 is 11.3 Å². The van der Waals surface area contributed by atoms with E-state index in [0.717, 1.165) is 17.9 Å². The van der Waals surface area contributed by atoms with Gasteiger partial charge < -0.3 is 10.2 Å². The van der Waals surface area contributed by atoms with E-state index in [0.29, 0.717) is 0 Å². The van der Waals surface area contributed by atoms with Gasteiger partial charge in [-0.1, -0.05) is 6.07 Å². The van der Waals surface area contributed by atoms with Crippen molar-refractivity contribution in [1.29, 1.82) is 0 Å². The zero-order valence-electron chi connectivity index (χ0n) is 9.47. The first-order chi connectivity index (χ1) is 7.79. The molecule has 4 heteroatoms. The van der Waals surface area contributed by atoms with Crippen molar-refractivity contribution >= 4 is 22.7 Å². The molecule has 84 valence electrons. The Hall–Kier alpha value is -1.55. The zero-order chi connectivity index (χ0) is 11.4. The molecule has 2 aromatic rings. The highest BCUT2D eigenvalue weighted by molar-refractivity contribution is 7.09. The number of nitrogens with zero attached hydrogens (tertiary/aromatic N) is 2. The van der Waals surface area contributed by atoms with Crippen molar-refractivity contribution in [2.24, 2.45) is 0 Å². The Morgan fingerprint density at radius 1 is 1.44 bits per heavy atom. The quantitative estimate of drug-likeness (QED) is 0.880. The molecule has 2 heterocycles. The predicted molar refractivity (Wildman–Crippen MR) is 70.2 cm³/mol. The van der Waals surface area contributed by atoms with Gasteiger partial charge in [-0.05, 0) is 17.5 Å². The minimum absolute atomic E-state index is 0.923. The lowest BCUT2D eigenvalue weighted by Crippen LogP contribution is -2.15. The van der Waals surface area contributed by atoms with Crippen molar-refractivity contribution in [2.45, 2.75) is 6.54 Å². The Morgan fingerprint density at radius 3 is 3.00 bits per heavy atom. The van der Waals surface area contributed by atoms with E-state index < -0.39 is 0 Å². The normalized spacial score (nSPS) is 10.1. The van der Waals surface area contributed by atoms with E-state index in [9.17, 15) is 0 Å². The van der Waals surface area contributed by atoms with Crippen LogP contribution in [0.1, 0.15) is 4.88 Å². The molecule has 0 amide bonds. The fraction of sp³-hybridized carbons (Fsp3) is 0.250. The third-order valence-electron chi connectivity index (χ3n) is 2.43. The van der Waals surface area contributed by atoms with Gasteiger partial charge >= 0.3 is 0 Å². The van der Waals surface area contributed by atoms with Gasteiger partial charge in [-0.15, -0.1) is 11.3 Å². The van der Waals surface area contributed by atoms with Gasteiger partial charge in [-0.2, -0.15) is 0 Å². The van der Waals surface area contributed by atoms with Gasteiger partial charge in [0.1, 0.15) is 0 Å². The Balaban J connectivity index is 2.11. The largest absolute Gasteiger partial charge is 0.387 e. The second-order valence-corrected chi connectivity index (χ2v) is 4.65. The van der Waals surface area contributed by atoms with Gasteiger partial charge in [0, 0.05) is 19.0 Å². The average Bonchev–Trinajstić information content (AvgIpc) is 2.82. The molecule has 0 aliphatic heterocycles. The topological polar surface area (TPSA) is 28.2 Å². The summed E-state index contributed by atoms with van der Waals surface area (Å²) in [6.45, 7) is 0.923. The summed E-state index contributed by atoms with van der Waals surface area (Å²) >= 11 is 1.78. The molecule has 0 radical (unpaired) electrons. The molecule has 0 saturated heterocycles. The second kappa shape index (κ2) is 4.99. The van der Waals surface area contributed by atoms with Crippen LogP contribution in [0.4, 0.5) is 11.4 Å². The lowest BCUT2D eigenvalue weighted by Gasteiger charge is -2.18. The van der Waals surface area contributed by atoms with E-state index >= 15 is 0 Å². The van der Waals surface area contributed by atoms with E-state index in [-0.39, 0.29) is 0 Å². The molecular formula is C12H15N3S. The molecule has 0 aliphatic carbocycles. The number of hydrogen-bond acceptors (Lipinski definition) is 4. The highest BCUT2D eigenvalue weighted by Gasteiger charge is 2.03. The maximum absolute atomic E-state index is 4.21. The SMILES string of the molecule is CNc1cncc(N(C)Cc2cccs2)c1. The van der Waals surface area contributed by atoms with Crippen molar-refractivity contribution in [3.8, 4) is 0 Å². The Labute approximate surface area is 99.8 Å². The molecule has 2 rings (SSSR count). The van der Waals surface area contributed by atoms with Crippen molar-refractivity contribution in [3.05, 3.63) is 40.8 Å². The van der Waals surface area contributed by atoms with Gasteiger partial charge in [0.25, 0.3) is 0 Å². The molecule has 0 atom stereocenters. The highest BCUT2D eigenvalue weighted by atomic mass is 32.1. The number of nitrogens with one attached hydrogen (secondary N) is 1. The molecule has 0 fully saturated rings. The van der Waals surface area contributed by atoms with Crippen LogP contribution in [0.25, 0.3) is 0 Å². The van der Waals surface area contributed by atoms with Crippen LogP contribution in [0.3, 0.4) is 0 Å². The summed E-state index contributed by atoms with van der Waals surface area (Å²) in [5.41, 5.74) is 2.16. The van der Waals surface area contributed by atoms with Gasteiger partial charge in [0.2, 0.25) is 0 Å². The third kappa shape index (κ3) is 2.52. The molecule has 0 saturated carbocycles. The molecule has 3 nitrogen and oxygen atoms in total. The van der Waals surface area contributed by atoms with Crippen molar-refractivity contribution in [1.82, 2.24) is 4.98 Å². The van der Waals surface area contributed by atoms with E-state index in [4.69, 9.17) is 0 Å². The first kappa shape index (κ1) is 11.0. The first-order valence-corrected chi connectivity index (χ1v) is 6.04. The number of rotatable bonds is 4. The van der Waals surface area contributed by atoms with Crippen LogP contribution in [-0.2, 0) is 6.54 Å². The Morgan fingerprint density at radius 2 is 2.31 bits per heavy atom. The summed E-state index contributed by atoms with van der Waals surface area (Å²) < 4.78 is 0. The fourth-order valence-electron chi connectivity index (χ4n) is 1.50. The number of aromatic nitrogens is 1. The monoisotopic (exact) mass is 233 g/mol. The number of anilines is 2. The minimum Gasteiger partial charge on any atom is -0.387 e. The van der Waals surface area contributed by atoms with Crippen LogP contribution < -0.4 is 10.2 Å². The summed E-state index contributed by atoms with van der Waals surface area (Å²) in [5.74, 6) is 0. The van der Waals surface area contributed by atoms with Crippen LogP contribution in [0.15, 0.2) is 36.0 Å². The predicted octanol–water partition coefficient (Wildman–Crippen LogP) is 2.82. The van der Waals surface area contributed by atoms with Gasteiger partial charge in [0.15, 0.2) is 0 Å². The van der Waals surface area contributed by atoms with Crippen molar-refractivity contribution in [3.63, 3.8) is 0 Å². The van der Waals surface area contributed by atoms with Crippen molar-refractivity contribution in [2.75, 3.05) is 24.3 Å². The first-order valence-electron chi connectivity index (χ1n) is 5.16. The highest BCUT2D eigenvalue weighted by Crippen LogP contribution is 2.19. The van der Waals surface area contributed by atoms with Crippen LogP contribution in [-0.4, -0.2) is 19.1 Å². The van der Waals surface area contributed by atoms with Crippen LogP contribution in [0, 0.1) is 0 Å². The fourth-order valence-corrected chi connectivity index (χ4v) is 2.26. The summed E-state index contributed by atoms with van der Waals surface area (Å²) in [6.07, 6.45) is 3.71. The summed E-state index contributed by atoms with van der Waals surface area (Å²) in [5, 5.41) is 5.20. The number of hydrogen-bond donors (Lipinski definition) is 1. The molecule has 0 spiro atoms. The molecule has 1 N–H and O–H groups in total. The van der Waals surface area contributed by atoms with E-state index in [2.05, 4.69) is 45.8 Å². The maximum atomic E-state index is 4.21. The lowest BCUT2D eigenvalue weighted by atomic mass is 10.3. The smallest absolute Gasteiger partial charge is 0.0574 e. The van der Waals surface area contributed by atoms with Crippen LogP contribution in [0.5, 0.6) is 0 Å². The molecule has 0 aliphatic rings. The molecule has 0 bridgehead atoms. The Kier molecular flexibility index (Phi) is 3.41. The number of thiophene rings is 1. The van der Waals surface area contributed by atoms with Gasteiger partial charge in [-0.25, -0.2) is 0 Å². The van der Waals surface area contributed by atoms with Crippen LogP contribution in [0.2, 0.25) is 0 Å².